The fourth-order valence-electron chi connectivity index (χ4n) is 2.38. The van der Waals surface area contributed by atoms with E-state index in [2.05, 4.69) is 57.5 Å². The van der Waals surface area contributed by atoms with Gasteiger partial charge in [0.15, 0.2) is 0 Å². The van der Waals surface area contributed by atoms with Crippen LogP contribution >= 0.6 is 0 Å². The van der Waals surface area contributed by atoms with E-state index in [4.69, 9.17) is 4.98 Å². The molecule has 0 saturated carbocycles. The summed E-state index contributed by atoms with van der Waals surface area (Å²) in [6.45, 7) is 18.4. The monoisotopic (exact) mass is 275 g/mol. The molecule has 0 aromatic carbocycles. The van der Waals surface area contributed by atoms with Crippen LogP contribution in [0.15, 0.2) is 18.2 Å². The van der Waals surface area contributed by atoms with Gasteiger partial charge in [-0.3, -0.25) is 0 Å². The molecule has 0 bridgehead atoms. The molecule has 0 aliphatic rings. The molecule has 3 heteroatoms. The lowest BCUT2D eigenvalue weighted by Gasteiger charge is -2.26. The molecule has 0 radical (unpaired) electrons. The van der Waals surface area contributed by atoms with Crippen LogP contribution in [0.3, 0.4) is 0 Å². The van der Waals surface area contributed by atoms with E-state index in [0.717, 1.165) is 44.1 Å². The number of rotatable bonds is 8. The van der Waals surface area contributed by atoms with Crippen molar-refractivity contribution in [2.24, 2.45) is 0 Å². The largest absolute Gasteiger partial charge is 0.353 e. The molecule has 0 spiro atoms. The lowest BCUT2D eigenvalue weighted by Crippen LogP contribution is -2.28. The van der Waals surface area contributed by atoms with E-state index in [9.17, 15) is 0 Å². The van der Waals surface area contributed by atoms with Crippen LogP contribution in [0, 0.1) is 13.8 Å². The number of aromatic nitrogens is 1. The molecule has 0 aliphatic carbocycles. The maximum atomic E-state index is 4.78. The molecule has 20 heavy (non-hydrogen) atoms. The Kier molecular flexibility index (Phi) is 6.73. The molecule has 0 atom stereocenters. The predicted octanol–water partition coefficient (Wildman–Crippen LogP) is 3.60. The zero-order valence-corrected chi connectivity index (χ0v) is 13.7. The number of hydrogen-bond acceptors (Lipinski definition) is 3. The lowest BCUT2D eigenvalue weighted by atomic mass is 10.1. The minimum absolute atomic E-state index is 0.868. The van der Waals surface area contributed by atoms with Crippen molar-refractivity contribution in [2.45, 2.75) is 47.6 Å². The molecule has 0 fully saturated rings. The first-order valence-corrected chi connectivity index (χ1v) is 7.56. The van der Waals surface area contributed by atoms with Crippen LogP contribution in [0.2, 0.25) is 0 Å². The Morgan fingerprint density at radius 1 is 1.35 bits per heavy atom. The third-order valence-electron chi connectivity index (χ3n) is 3.32. The first-order chi connectivity index (χ1) is 9.49. The summed E-state index contributed by atoms with van der Waals surface area (Å²) in [7, 11) is 0. The van der Waals surface area contributed by atoms with Gasteiger partial charge in [-0.2, -0.15) is 0 Å². The molecule has 1 rings (SSSR count). The molecule has 112 valence electrons. The average molecular weight is 275 g/mol. The Balaban J connectivity index is 3.09. The minimum Gasteiger partial charge on any atom is -0.353 e. The fraction of sp³-hybridized carbons (Fsp3) is 0.588. The van der Waals surface area contributed by atoms with Gasteiger partial charge in [0.25, 0.3) is 0 Å². The number of anilines is 1. The van der Waals surface area contributed by atoms with Crippen molar-refractivity contribution in [3.05, 3.63) is 35.0 Å². The molecule has 3 nitrogen and oxygen atoms in total. The summed E-state index contributed by atoms with van der Waals surface area (Å²) in [5.41, 5.74) is 4.88. The topological polar surface area (TPSA) is 28.2 Å². The second-order valence-corrected chi connectivity index (χ2v) is 5.53. The molecule has 0 saturated heterocycles. The second-order valence-electron chi connectivity index (χ2n) is 5.53. The van der Waals surface area contributed by atoms with Crippen LogP contribution < -0.4 is 10.2 Å². The summed E-state index contributed by atoms with van der Waals surface area (Å²) in [4.78, 5) is 7.09. The summed E-state index contributed by atoms with van der Waals surface area (Å²) in [6, 6.07) is 2.17. The van der Waals surface area contributed by atoms with Crippen molar-refractivity contribution in [1.29, 1.82) is 0 Å². The quantitative estimate of drug-likeness (QED) is 0.580. The SMILES string of the molecule is C=C(C)CN(CC)c1nc(C)cc(C)c1CNCCC. The predicted molar refractivity (Wildman–Crippen MR) is 88.4 cm³/mol. The highest BCUT2D eigenvalue weighted by Gasteiger charge is 2.14. The maximum Gasteiger partial charge on any atom is 0.133 e. The van der Waals surface area contributed by atoms with Gasteiger partial charge in [-0.05, 0) is 52.3 Å². The number of nitrogens with zero attached hydrogens (tertiary/aromatic N) is 2. The number of pyridine rings is 1. The van der Waals surface area contributed by atoms with E-state index in [1.54, 1.807) is 0 Å². The molecule has 1 heterocycles. The van der Waals surface area contributed by atoms with Crippen molar-refractivity contribution in [3.8, 4) is 0 Å². The van der Waals surface area contributed by atoms with Crippen molar-refractivity contribution >= 4 is 5.82 Å². The Hall–Kier alpha value is -1.35. The van der Waals surface area contributed by atoms with E-state index in [1.807, 2.05) is 0 Å². The van der Waals surface area contributed by atoms with Crippen molar-refractivity contribution in [1.82, 2.24) is 10.3 Å². The highest BCUT2D eigenvalue weighted by atomic mass is 15.2. The second kappa shape index (κ2) is 8.05. The van der Waals surface area contributed by atoms with E-state index in [0.29, 0.717) is 0 Å². The molecule has 0 unspecified atom stereocenters. The first-order valence-electron chi connectivity index (χ1n) is 7.56. The van der Waals surface area contributed by atoms with Crippen LogP contribution in [0.4, 0.5) is 5.82 Å². The van der Waals surface area contributed by atoms with Crippen LogP contribution in [0.5, 0.6) is 0 Å². The van der Waals surface area contributed by atoms with Gasteiger partial charge in [-0.1, -0.05) is 19.1 Å². The van der Waals surface area contributed by atoms with Crippen molar-refractivity contribution in [2.75, 3.05) is 24.5 Å². The number of aryl methyl sites for hydroxylation is 2. The Morgan fingerprint density at radius 3 is 2.60 bits per heavy atom. The summed E-state index contributed by atoms with van der Waals surface area (Å²) < 4.78 is 0. The molecule has 1 aromatic rings. The van der Waals surface area contributed by atoms with E-state index < -0.39 is 0 Å². The number of likely N-dealkylation sites (N-methyl/N-ethyl adjacent to an activating group) is 1. The van der Waals surface area contributed by atoms with Gasteiger partial charge in [0.1, 0.15) is 5.82 Å². The van der Waals surface area contributed by atoms with Crippen LogP contribution in [-0.4, -0.2) is 24.6 Å². The Bertz CT molecular complexity index is 452. The highest BCUT2D eigenvalue weighted by Crippen LogP contribution is 2.23. The van der Waals surface area contributed by atoms with Crippen LogP contribution in [-0.2, 0) is 6.54 Å². The lowest BCUT2D eigenvalue weighted by molar-refractivity contribution is 0.668. The van der Waals surface area contributed by atoms with Gasteiger partial charge in [0, 0.05) is 30.9 Å². The molecule has 0 aliphatic heterocycles. The van der Waals surface area contributed by atoms with Gasteiger partial charge in [-0.25, -0.2) is 4.98 Å². The van der Waals surface area contributed by atoms with E-state index in [1.165, 1.54) is 16.7 Å². The van der Waals surface area contributed by atoms with Gasteiger partial charge in [-0.15, -0.1) is 0 Å². The van der Waals surface area contributed by atoms with E-state index in [-0.39, 0.29) is 0 Å². The normalized spacial score (nSPS) is 10.7. The zero-order chi connectivity index (χ0) is 15.1. The molecular weight excluding hydrogens is 246 g/mol. The Labute approximate surface area is 124 Å². The first kappa shape index (κ1) is 16.7. The summed E-state index contributed by atoms with van der Waals surface area (Å²) >= 11 is 0. The molecule has 0 amide bonds. The molecular formula is C17H29N3. The zero-order valence-electron chi connectivity index (χ0n) is 13.7. The smallest absolute Gasteiger partial charge is 0.133 e. The van der Waals surface area contributed by atoms with Gasteiger partial charge in [0.2, 0.25) is 0 Å². The van der Waals surface area contributed by atoms with Gasteiger partial charge >= 0.3 is 0 Å². The summed E-state index contributed by atoms with van der Waals surface area (Å²) in [6.07, 6.45) is 1.15. The summed E-state index contributed by atoms with van der Waals surface area (Å²) in [5, 5.41) is 3.50. The standard InChI is InChI=1S/C17H29N3/c1-7-9-18-11-16-14(5)10-15(6)19-17(16)20(8-2)12-13(3)4/h10,18H,3,7-9,11-12H2,1-2,4-6H3. The van der Waals surface area contributed by atoms with Crippen LogP contribution in [0.1, 0.15) is 44.0 Å². The fourth-order valence-corrected chi connectivity index (χ4v) is 2.38. The van der Waals surface area contributed by atoms with Crippen molar-refractivity contribution in [3.63, 3.8) is 0 Å². The Morgan fingerprint density at radius 2 is 2.05 bits per heavy atom. The molecule has 1 aromatic heterocycles. The van der Waals surface area contributed by atoms with Gasteiger partial charge in [0.05, 0.1) is 0 Å². The number of hydrogen-bond donors (Lipinski definition) is 1. The minimum atomic E-state index is 0.868. The van der Waals surface area contributed by atoms with Gasteiger partial charge < -0.3 is 10.2 Å². The average Bonchev–Trinajstić information content (AvgIpc) is 2.38. The van der Waals surface area contributed by atoms with E-state index >= 15 is 0 Å². The summed E-state index contributed by atoms with van der Waals surface area (Å²) in [5.74, 6) is 1.11. The maximum absolute atomic E-state index is 4.78. The van der Waals surface area contributed by atoms with Crippen LogP contribution in [0.25, 0.3) is 0 Å². The number of nitrogens with one attached hydrogen (secondary N) is 1. The third kappa shape index (κ3) is 4.64. The van der Waals surface area contributed by atoms with Crippen molar-refractivity contribution < 1.29 is 0 Å². The molecule has 1 N–H and O–H groups in total. The highest BCUT2D eigenvalue weighted by molar-refractivity contribution is 5.52. The third-order valence-corrected chi connectivity index (χ3v) is 3.32.